The number of aliphatic imine (C=N–C) groups is 1. The van der Waals surface area contributed by atoms with Crippen molar-refractivity contribution in [2.75, 3.05) is 0 Å². The number of hydrazone groups is 1. The molecule has 0 bridgehead atoms. The van der Waals surface area contributed by atoms with E-state index in [1.54, 1.807) is 42.0 Å². The molecule has 0 fully saturated rings. The van der Waals surface area contributed by atoms with Crippen LogP contribution in [0.4, 0.5) is 5.69 Å². The van der Waals surface area contributed by atoms with E-state index in [0.717, 1.165) is 0 Å². The summed E-state index contributed by atoms with van der Waals surface area (Å²) in [7, 11) is 0. The van der Waals surface area contributed by atoms with Crippen LogP contribution in [0.3, 0.4) is 0 Å². The van der Waals surface area contributed by atoms with Crippen LogP contribution in [-0.2, 0) is 4.79 Å². The van der Waals surface area contributed by atoms with Gasteiger partial charge < -0.3 is 4.57 Å². The Morgan fingerprint density at radius 2 is 2.11 bits per heavy atom. The van der Waals surface area contributed by atoms with Crippen molar-refractivity contribution in [3.05, 3.63) is 64.0 Å². The highest BCUT2D eigenvalue weighted by molar-refractivity contribution is 8.26. The van der Waals surface area contributed by atoms with Crippen molar-refractivity contribution in [3.8, 4) is 5.69 Å². The van der Waals surface area contributed by atoms with E-state index in [4.69, 9.17) is 5.41 Å². The first-order valence-electron chi connectivity index (χ1n) is 7.83. The van der Waals surface area contributed by atoms with E-state index in [9.17, 15) is 14.9 Å². The molecule has 9 nitrogen and oxygen atoms in total. The number of nitro benzene ring substituents is 1. The normalized spacial score (nSPS) is 17.8. The fourth-order valence-corrected chi connectivity index (χ4v) is 3.47. The van der Waals surface area contributed by atoms with Gasteiger partial charge in [0.05, 0.1) is 21.2 Å². The summed E-state index contributed by atoms with van der Waals surface area (Å²) in [5, 5.41) is 25.9. The van der Waals surface area contributed by atoms with Gasteiger partial charge in [0.15, 0.2) is 5.84 Å². The number of nitro groups is 1. The lowest BCUT2D eigenvalue weighted by molar-refractivity contribution is -0.384. The third kappa shape index (κ3) is 2.95. The first-order chi connectivity index (χ1) is 12.9. The van der Waals surface area contributed by atoms with Gasteiger partial charge in [0.1, 0.15) is 0 Å². The number of non-ortho nitro benzene ring substituents is 1. The third-order valence-electron chi connectivity index (χ3n) is 3.95. The number of nitrogens with zero attached hydrogens (tertiary/aromatic N) is 5. The van der Waals surface area contributed by atoms with E-state index >= 15 is 0 Å². The Morgan fingerprint density at radius 3 is 2.89 bits per heavy atom. The largest absolute Gasteiger partial charge is 0.317 e. The number of hydrogen-bond acceptors (Lipinski definition) is 6. The summed E-state index contributed by atoms with van der Waals surface area (Å²) in [4.78, 5) is 26.9. The predicted molar refractivity (Wildman–Crippen MR) is 103 cm³/mol. The average molecular weight is 380 g/mol. The standard InChI is InChI=1S/C17H12N6O3S/c1-10-20-22-15(18)14(16(24)19-17(22)27-10)9-12-6-3-7-21(12)11-4-2-5-13(8-11)23(25)26/h2-9,18H,1H3/b14-9+,18-15?. The van der Waals surface area contributed by atoms with Gasteiger partial charge in [0, 0.05) is 24.0 Å². The summed E-state index contributed by atoms with van der Waals surface area (Å²) in [6, 6.07) is 9.67. The van der Waals surface area contributed by atoms with E-state index in [0.29, 0.717) is 21.6 Å². The average Bonchev–Trinajstić information content (AvgIpc) is 3.24. The third-order valence-corrected chi connectivity index (χ3v) is 4.77. The smallest absolute Gasteiger partial charge is 0.283 e. The van der Waals surface area contributed by atoms with E-state index in [1.165, 1.54) is 35.0 Å². The van der Waals surface area contributed by atoms with Crippen molar-refractivity contribution in [1.29, 1.82) is 5.41 Å². The Bertz CT molecular complexity index is 1100. The molecular weight excluding hydrogens is 368 g/mol. The van der Waals surface area contributed by atoms with Crippen molar-refractivity contribution >= 4 is 45.5 Å². The molecule has 2 aliphatic rings. The Hall–Kier alpha value is -3.53. The number of nitrogens with one attached hydrogen (secondary N) is 1. The number of carbonyl (C=O) groups excluding carboxylic acids is 1. The molecule has 1 N–H and O–H groups in total. The Labute approximate surface area is 157 Å². The molecule has 0 radical (unpaired) electrons. The van der Waals surface area contributed by atoms with Crippen LogP contribution in [0.15, 0.2) is 58.3 Å². The molecule has 3 heterocycles. The molecule has 0 saturated heterocycles. The topological polar surface area (TPSA) is 117 Å². The van der Waals surface area contributed by atoms with Crippen LogP contribution in [-0.4, -0.2) is 36.5 Å². The van der Waals surface area contributed by atoms with E-state index in [2.05, 4.69) is 10.1 Å². The quantitative estimate of drug-likeness (QED) is 0.499. The number of aromatic nitrogens is 1. The van der Waals surface area contributed by atoms with Crippen molar-refractivity contribution in [1.82, 2.24) is 9.58 Å². The van der Waals surface area contributed by atoms with Gasteiger partial charge >= 0.3 is 0 Å². The minimum Gasteiger partial charge on any atom is -0.317 e. The van der Waals surface area contributed by atoms with E-state index in [-0.39, 0.29) is 17.1 Å². The van der Waals surface area contributed by atoms with Crippen LogP contribution in [0.1, 0.15) is 12.6 Å². The van der Waals surface area contributed by atoms with E-state index < -0.39 is 10.8 Å². The highest BCUT2D eigenvalue weighted by Crippen LogP contribution is 2.28. The maximum atomic E-state index is 12.4. The predicted octanol–water partition coefficient (Wildman–Crippen LogP) is 3.02. The first-order valence-corrected chi connectivity index (χ1v) is 8.65. The summed E-state index contributed by atoms with van der Waals surface area (Å²) >= 11 is 1.24. The SMILES string of the molecule is CC1=NN2C(=N)/C(=C\c3cccn3-c3cccc([N+](=O)[O-])c3)C(=O)N=C2S1. The lowest BCUT2D eigenvalue weighted by atomic mass is 10.1. The van der Waals surface area contributed by atoms with Crippen molar-refractivity contribution in [3.63, 3.8) is 0 Å². The Kier molecular flexibility index (Phi) is 3.96. The van der Waals surface area contributed by atoms with Crippen molar-refractivity contribution in [2.45, 2.75) is 6.92 Å². The molecule has 0 aliphatic carbocycles. The number of carbonyl (C=O) groups is 1. The molecule has 4 rings (SSSR count). The lowest BCUT2D eigenvalue weighted by Gasteiger charge is -2.20. The van der Waals surface area contributed by atoms with Crippen molar-refractivity contribution < 1.29 is 9.72 Å². The molecule has 2 aromatic rings. The zero-order valence-corrected chi connectivity index (χ0v) is 14.8. The van der Waals surface area contributed by atoms with Gasteiger partial charge in [-0.2, -0.15) is 15.1 Å². The van der Waals surface area contributed by atoms with Crippen LogP contribution < -0.4 is 0 Å². The van der Waals surface area contributed by atoms with Crippen LogP contribution in [0, 0.1) is 15.5 Å². The summed E-state index contributed by atoms with van der Waals surface area (Å²) in [6.07, 6.45) is 3.27. The Morgan fingerprint density at radius 1 is 1.30 bits per heavy atom. The summed E-state index contributed by atoms with van der Waals surface area (Å²) in [6.45, 7) is 1.78. The number of benzene rings is 1. The molecule has 1 aromatic heterocycles. The van der Waals surface area contributed by atoms with Gasteiger partial charge in [-0.05, 0) is 43.0 Å². The fraction of sp³-hybridized carbons (Fsp3) is 0.0588. The molecular formula is C17H12N6O3S. The second-order valence-corrected chi connectivity index (χ2v) is 6.88. The first kappa shape index (κ1) is 16.9. The summed E-state index contributed by atoms with van der Waals surface area (Å²) in [5.74, 6) is -0.573. The maximum absolute atomic E-state index is 12.4. The minimum absolute atomic E-state index is 0.0329. The van der Waals surface area contributed by atoms with Crippen molar-refractivity contribution in [2.24, 2.45) is 10.1 Å². The Balaban J connectivity index is 1.76. The molecule has 2 aliphatic heterocycles. The summed E-state index contributed by atoms with van der Waals surface area (Å²) in [5.41, 5.74) is 1.23. The highest BCUT2D eigenvalue weighted by Gasteiger charge is 2.34. The number of hydrogen-bond donors (Lipinski definition) is 1. The number of amides is 1. The minimum atomic E-state index is -0.518. The zero-order valence-electron chi connectivity index (χ0n) is 14.0. The second kappa shape index (κ2) is 6.32. The van der Waals surface area contributed by atoms with Gasteiger partial charge in [-0.1, -0.05) is 6.07 Å². The molecule has 0 saturated carbocycles. The summed E-state index contributed by atoms with van der Waals surface area (Å²) < 4.78 is 1.70. The molecule has 0 atom stereocenters. The van der Waals surface area contributed by atoms with Crippen LogP contribution >= 0.6 is 11.8 Å². The van der Waals surface area contributed by atoms with Gasteiger partial charge in [0.2, 0.25) is 5.17 Å². The highest BCUT2D eigenvalue weighted by atomic mass is 32.2. The van der Waals surface area contributed by atoms with Gasteiger partial charge in [-0.15, -0.1) is 0 Å². The molecule has 1 amide bonds. The lowest BCUT2D eigenvalue weighted by Crippen LogP contribution is -2.35. The number of thioether (sulfide) groups is 1. The fourth-order valence-electron chi connectivity index (χ4n) is 2.74. The molecule has 10 heteroatoms. The van der Waals surface area contributed by atoms with Crippen LogP contribution in [0.5, 0.6) is 0 Å². The number of fused-ring (bicyclic) bond motifs is 1. The molecule has 1 aromatic carbocycles. The number of rotatable bonds is 3. The molecule has 0 unspecified atom stereocenters. The van der Waals surface area contributed by atoms with Gasteiger partial charge in [0.25, 0.3) is 11.6 Å². The van der Waals surface area contributed by atoms with Crippen LogP contribution in [0.2, 0.25) is 0 Å². The van der Waals surface area contributed by atoms with Gasteiger partial charge in [-0.3, -0.25) is 20.3 Å². The molecule has 134 valence electrons. The van der Waals surface area contributed by atoms with E-state index in [1.807, 2.05) is 0 Å². The monoisotopic (exact) mass is 380 g/mol. The number of amidine groups is 2. The molecule has 27 heavy (non-hydrogen) atoms. The zero-order chi connectivity index (χ0) is 19.1. The molecule has 0 spiro atoms. The second-order valence-electron chi connectivity index (χ2n) is 5.72. The maximum Gasteiger partial charge on any atom is 0.283 e. The van der Waals surface area contributed by atoms with Crippen LogP contribution in [0.25, 0.3) is 11.8 Å². The van der Waals surface area contributed by atoms with Gasteiger partial charge in [-0.25, -0.2) is 0 Å².